The van der Waals surface area contributed by atoms with Crippen molar-refractivity contribution in [3.8, 4) is 11.1 Å². The van der Waals surface area contributed by atoms with Crippen molar-refractivity contribution < 1.29 is 13.2 Å². The van der Waals surface area contributed by atoms with Crippen LogP contribution in [0.2, 0.25) is 0 Å². The topological polar surface area (TPSA) is 72.4 Å². The monoisotopic (exact) mass is 361 g/mol. The van der Waals surface area contributed by atoms with Gasteiger partial charge in [0.15, 0.2) is 0 Å². The molecule has 0 aliphatic rings. The van der Waals surface area contributed by atoms with Crippen LogP contribution in [0.25, 0.3) is 22.4 Å². The van der Waals surface area contributed by atoms with E-state index in [2.05, 4.69) is 25.4 Å². The number of aromatic nitrogens is 6. The molecular formula is C16H14F3N7. The number of rotatable bonds is 4. The van der Waals surface area contributed by atoms with Crippen molar-refractivity contribution in [2.45, 2.75) is 19.5 Å². The molecule has 0 radical (unpaired) electrons. The van der Waals surface area contributed by atoms with Gasteiger partial charge in [-0.1, -0.05) is 6.92 Å². The highest BCUT2D eigenvalue weighted by molar-refractivity contribution is 5.79. The summed E-state index contributed by atoms with van der Waals surface area (Å²) in [5.41, 5.74) is 3.37. The van der Waals surface area contributed by atoms with Gasteiger partial charge in [0, 0.05) is 35.4 Å². The minimum atomic E-state index is -4.33. The van der Waals surface area contributed by atoms with Gasteiger partial charge in [-0.3, -0.25) is 4.40 Å². The Labute approximate surface area is 145 Å². The van der Waals surface area contributed by atoms with Gasteiger partial charge in [0.25, 0.3) is 0 Å². The molecule has 4 aromatic rings. The van der Waals surface area contributed by atoms with Crippen LogP contribution in [-0.2, 0) is 6.42 Å². The zero-order chi connectivity index (χ0) is 18.3. The predicted octanol–water partition coefficient (Wildman–Crippen LogP) is 2.98. The minimum absolute atomic E-state index is 0.0894. The number of nitrogens with zero attached hydrogens (tertiary/aromatic N) is 6. The first-order valence-corrected chi connectivity index (χ1v) is 7.92. The second-order valence-electron chi connectivity index (χ2n) is 5.73. The molecule has 0 aliphatic heterocycles. The third-order valence-electron chi connectivity index (χ3n) is 3.98. The van der Waals surface area contributed by atoms with Crippen LogP contribution in [0, 0.1) is 0 Å². The van der Waals surface area contributed by atoms with Crippen molar-refractivity contribution in [1.29, 1.82) is 0 Å². The van der Waals surface area contributed by atoms with E-state index in [0.29, 0.717) is 11.3 Å². The van der Waals surface area contributed by atoms with Gasteiger partial charge >= 0.3 is 6.18 Å². The Kier molecular flexibility index (Phi) is 3.74. The molecule has 0 fully saturated rings. The fraction of sp³-hybridized carbons (Fsp3) is 0.250. The lowest BCUT2D eigenvalue weighted by molar-refractivity contribution is -0.115. The number of halogens is 3. The molecular weight excluding hydrogens is 347 g/mol. The molecule has 10 heteroatoms. The molecule has 26 heavy (non-hydrogen) atoms. The molecule has 0 saturated carbocycles. The van der Waals surface area contributed by atoms with E-state index >= 15 is 0 Å². The average Bonchev–Trinajstić information content (AvgIpc) is 3.22. The number of hydrogen-bond acceptors (Lipinski definition) is 5. The standard InChI is InChI=1S/C16H14F3N7/c1-2-11-6-22-15-21-5-10(8-25(11)15)12-3-4-26-13(12)7-20-14(24-26)23-9-16(17,18)19/h3-8H,2,9H2,1H3,(H,23,24). The van der Waals surface area contributed by atoms with Crippen LogP contribution in [0.5, 0.6) is 0 Å². The Morgan fingerprint density at radius 3 is 2.69 bits per heavy atom. The summed E-state index contributed by atoms with van der Waals surface area (Å²) >= 11 is 0. The van der Waals surface area contributed by atoms with Gasteiger partial charge in [-0.05, 0) is 12.5 Å². The summed E-state index contributed by atoms with van der Waals surface area (Å²) in [6.45, 7) is 0.848. The first-order valence-electron chi connectivity index (χ1n) is 7.92. The number of aryl methyl sites for hydroxylation is 1. The number of alkyl halides is 3. The Hall–Kier alpha value is -3.17. The highest BCUT2D eigenvalue weighted by Gasteiger charge is 2.27. The van der Waals surface area contributed by atoms with Crippen LogP contribution in [0.1, 0.15) is 12.6 Å². The zero-order valence-corrected chi connectivity index (χ0v) is 13.7. The molecule has 134 valence electrons. The van der Waals surface area contributed by atoms with Gasteiger partial charge in [-0.25, -0.2) is 19.5 Å². The van der Waals surface area contributed by atoms with Gasteiger partial charge in [-0.15, -0.1) is 5.10 Å². The summed E-state index contributed by atoms with van der Waals surface area (Å²) < 4.78 is 40.3. The van der Waals surface area contributed by atoms with E-state index in [1.54, 1.807) is 18.6 Å². The fourth-order valence-electron chi connectivity index (χ4n) is 2.73. The predicted molar refractivity (Wildman–Crippen MR) is 88.9 cm³/mol. The highest BCUT2D eigenvalue weighted by atomic mass is 19.4. The van der Waals surface area contributed by atoms with Crippen LogP contribution in [-0.4, -0.2) is 41.7 Å². The van der Waals surface area contributed by atoms with Crippen LogP contribution < -0.4 is 5.32 Å². The third kappa shape index (κ3) is 2.93. The fourth-order valence-corrected chi connectivity index (χ4v) is 2.73. The molecule has 7 nitrogen and oxygen atoms in total. The number of nitrogens with one attached hydrogen (secondary N) is 1. The van der Waals surface area contributed by atoms with E-state index < -0.39 is 12.7 Å². The molecule has 0 amide bonds. The molecule has 4 rings (SSSR count). The van der Waals surface area contributed by atoms with Crippen molar-refractivity contribution in [2.24, 2.45) is 0 Å². The maximum atomic E-state index is 12.3. The lowest BCUT2D eigenvalue weighted by atomic mass is 10.1. The maximum absolute atomic E-state index is 12.3. The van der Waals surface area contributed by atoms with Gasteiger partial charge in [0.1, 0.15) is 6.54 Å². The largest absolute Gasteiger partial charge is 0.405 e. The molecule has 0 spiro atoms. The van der Waals surface area contributed by atoms with Crippen molar-refractivity contribution >= 4 is 17.2 Å². The quantitative estimate of drug-likeness (QED) is 0.605. The van der Waals surface area contributed by atoms with E-state index in [0.717, 1.165) is 23.2 Å². The smallest absolute Gasteiger partial charge is 0.344 e. The normalized spacial score (nSPS) is 12.2. The third-order valence-corrected chi connectivity index (χ3v) is 3.98. The van der Waals surface area contributed by atoms with Gasteiger partial charge in [0.05, 0.1) is 17.9 Å². The van der Waals surface area contributed by atoms with Crippen LogP contribution in [0.15, 0.2) is 37.1 Å². The Morgan fingerprint density at radius 1 is 1.12 bits per heavy atom. The first kappa shape index (κ1) is 16.3. The van der Waals surface area contributed by atoms with E-state index in [1.165, 1.54) is 10.7 Å². The Bertz CT molecular complexity index is 1080. The molecule has 0 atom stereocenters. The zero-order valence-electron chi connectivity index (χ0n) is 13.7. The molecule has 4 heterocycles. The van der Waals surface area contributed by atoms with Gasteiger partial charge in [0.2, 0.25) is 11.7 Å². The van der Waals surface area contributed by atoms with E-state index in [4.69, 9.17) is 0 Å². The number of fused-ring (bicyclic) bond motifs is 2. The Morgan fingerprint density at radius 2 is 1.92 bits per heavy atom. The molecule has 1 N–H and O–H groups in total. The lowest BCUT2D eigenvalue weighted by Gasteiger charge is -2.08. The molecule has 4 aromatic heterocycles. The SMILES string of the molecule is CCc1cnc2ncc(-c3ccn4nc(NCC(F)(F)F)ncc34)cn12. The molecule has 0 saturated heterocycles. The number of hydrogen-bond donors (Lipinski definition) is 1. The van der Waals surface area contributed by atoms with Gasteiger partial charge in [-0.2, -0.15) is 13.2 Å². The summed E-state index contributed by atoms with van der Waals surface area (Å²) in [6, 6.07) is 1.82. The molecule has 0 bridgehead atoms. The van der Waals surface area contributed by atoms with Crippen molar-refractivity contribution in [3.63, 3.8) is 0 Å². The van der Waals surface area contributed by atoms with Crippen molar-refractivity contribution in [2.75, 3.05) is 11.9 Å². The summed E-state index contributed by atoms with van der Waals surface area (Å²) in [5.74, 6) is 0.525. The lowest BCUT2D eigenvalue weighted by Crippen LogP contribution is -2.22. The Balaban J connectivity index is 1.71. The minimum Gasteiger partial charge on any atom is -0.344 e. The maximum Gasteiger partial charge on any atom is 0.405 e. The van der Waals surface area contributed by atoms with E-state index in [1.807, 2.05) is 23.6 Å². The second-order valence-corrected chi connectivity index (χ2v) is 5.73. The number of imidazole rings is 1. The van der Waals surface area contributed by atoms with E-state index in [9.17, 15) is 13.2 Å². The summed E-state index contributed by atoms with van der Waals surface area (Å²) in [5, 5.41) is 6.23. The summed E-state index contributed by atoms with van der Waals surface area (Å²) in [6.07, 6.45) is 5.06. The average molecular weight is 361 g/mol. The first-order chi connectivity index (χ1) is 12.4. The van der Waals surface area contributed by atoms with Crippen LogP contribution in [0.4, 0.5) is 19.1 Å². The van der Waals surface area contributed by atoms with Crippen molar-refractivity contribution in [1.82, 2.24) is 29.0 Å². The molecule has 0 aliphatic carbocycles. The van der Waals surface area contributed by atoms with Crippen LogP contribution in [0.3, 0.4) is 0 Å². The van der Waals surface area contributed by atoms with Crippen molar-refractivity contribution in [3.05, 3.63) is 42.7 Å². The summed E-state index contributed by atoms with van der Waals surface area (Å²) in [4.78, 5) is 12.6. The highest BCUT2D eigenvalue weighted by Crippen LogP contribution is 2.25. The molecule has 0 aromatic carbocycles. The van der Waals surface area contributed by atoms with Crippen LogP contribution >= 0.6 is 0 Å². The van der Waals surface area contributed by atoms with E-state index in [-0.39, 0.29) is 5.95 Å². The second kappa shape index (κ2) is 5.97. The molecule has 0 unspecified atom stereocenters. The summed E-state index contributed by atoms with van der Waals surface area (Å²) in [7, 11) is 0. The van der Waals surface area contributed by atoms with Gasteiger partial charge < -0.3 is 5.32 Å². The number of anilines is 1.